The molecule has 4 aliphatic carbocycles. The third kappa shape index (κ3) is 3.54. The molecule has 1 unspecified atom stereocenters. The van der Waals surface area contributed by atoms with Crippen LogP contribution in [0, 0.1) is 46.3 Å². The maximum absolute atomic E-state index is 13.5. The molecule has 0 aromatic heterocycles. The van der Waals surface area contributed by atoms with E-state index in [4.69, 9.17) is 0 Å². The fraction of sp³-hybridized carbons (Fsp3) is 0.759. The molecule has 1 aromatic rings. The first kappa shape index (κ1) is 22.4. The monoisotopic (exact) mass is 437 g/mol. The molecule has 0 spiro atoms. The van der Waals surface area contributed by atoms with Crippen LogP contribution >= 0.6 is 0 Å². The van der Waals surface area contributed by atoms with E-state index < -0.39 is 5.60 Å². The molecule has 2 N–H and O–H groups in total. The summed E-state index contributed by atoms with van der Waals surface area (Å²) in [6.07, 6.45) is 9.37. The summed E-state index contributed by atoms with van der Waals surface area (Å²) >= 11 is 0. The number of para-hydroxylation sites is 1. The third-order valence-electron chi connectivity index (χ3n) is 10.9. The summed E-state index contributed by atoms with van der Waals surface area (Å²) in [7, 11) is 0. The van der Waals surface area contributed by atoms with Crippen LogP contribution in [0.2, 0.25) is 0 Å². The summed E-state index contributed by atoms with van der Waals surface area (Å²) in [5.74, 6) is 3.97. The van der Waals surface area contributed by atoms with Crippen molar-refractivity contribution >= 4 is 11.5 Å². The number of nitrogens with one attached hydrogen (secondary N) is 1. The van der Waals surface area contributed by atoms with Gasteiger partial charge in [0.25, 0.3) is 0 Å². The molecule has 9 atom stereocenters. The summed E-state index contributed by atoms with van der Waals surface area (Å²) in [5, 5.41) is 14.1. The topological polar surface area (TPSA) is 49.3 Å². The van der Waals surface area contributed by atoms with Crippen molar-refractivity contribution in [2.24, 2.45) is 46.3 Å². The van der Waals surface area contributed by atoms with Crippen LogP contribution < -0.4 is 5.32 Å². The Morgan fingerprint density at radius 3 is 2.50 bits per heavy atom. The predicted octanol–water partition coefficient (Wildman–Crippen LogP) is 6.32. The molecule has 5 rings (SSSR count). The lowest BCUT2D eigenvalue weighted by Gasteiger charge is -2.61. The Bertz CT molecular complexity index is 850. The first-order chi connectivity index (χ1) is 15.1. The molecule has 0 amide bonds. The van der Waals surface area contributed by atoms with Crippen LogP contribution in [-0.2, 0) is 4.79 Å². The molecule has 4 saturated carbocycles. The van der Waals surface area contributed by atoms with Gasteiger partial charge < -0.3 is 10.4 Å². The lowest BCUT2D eigenvalue weighted by atomic mass is 9.44. The van der Waals surface area contributed by atoms with E-state index in [2.05, 4.69) is 33.0 Å². The molecule has 0 heterocycles. The largest absolute Gasteiger partial charge is 0.390 e. The summed E-state index contributed by atoms with van der Waals surface area (Å²) in [4.78, 5) is 13.5. The number of carbonyl (C=O) groups is 1. The van der Waals surface area contributed by atoms with Gasteiger partial charge in [0.15, 0.2) is 5.78 Å². The molecule has 0 aliphatic heterocycles. The van der Waals surface area contributed by atoms with E-state index in [1.165, 1.54) is 38.5 Å². The van der Waals surface area contributed by atoms with Crippen molar-refractivity contribution in [2.75, 3.05) is 11.9 Å². The highest BCUT2D eigenvalue weighted by atomic mass is 16.3. The zero-order chi connectivity index (χ0) is 22.7. The predicted molar refractivity (Wildman–Crippen MR) is 130 cm³/mol. The van der Waals surface area contributed by atoms with E-state index in [0.29, 0.717) is 35.5 Å². The molecule has 1 aromatic carbocycles. The SMILES string of the molecule is C[C@@H]1C[C@H]2[C@@H]3CC[C@H]4C[C@](C)(O)CC[C@]4(C)[C@H]3CC[C@]2(C)C1C(=O)CNc1ccccc1. The minimum Gasteiger partial charge on any atom is -0.390 e. The summed E-state index contributed by atoms with van der Waals surface area (Å²) in [6, 6.07) is 10.1. The zero-order valence-electron chi connectivity index (χ0n) is 20.6. The number of rotatable bonds is 4. The Morgan fingerprint density at radius 2 is 1.75 bits per heavy atom. The summed E-state index contributed by atoms with van der Waals surface area (Å²) < 4.78 is 0. The number of hydrogen-bond donors (Lipinski definition) is 2. The second-order valence-corrected chi connectivity index (χ2v) is 12.8. The number of ketones is 1. The number of anilines is 1. The van der Waals surface area contributed by atoms with Gasteiger partial charge in [-0.2, -0.15) is 0 Å². The zero-order valence-corrected chi connectivity index (χ0v) is 20.6. The Balaban J connectivity index is 1.33. The van der Waals surface area contributed by atoms with Gasteiger partial charge in [0.05, 0.1) is 12.1 Å². The van der Waals surface area contributed by atoms with Gasteiger partial charge in [-0.15, -0.1) is 0 Å². The molecule has 4 aliphatic rings. The molecule has 0 saturated heterocycles. The molecule has 0 bridgehead atoms. The van der Waals surface area contributed by atoms with Crippen LogP contribution in [0.4, 0.5) is 5.69 Å². The molecule has 0 radical (unpaired) electrons. The standard InChI is InChI=1S/C29H43NO2/c1-19-16-24-22-11-10-20-17-27(2,32)14-15-28(20,3)23(22)12-13-29(24,4)26(19)25(31)18-30-21-8-6-5-7-9-21/h5-9,19-20,22-24,26,30,32H,10-18H2,1-4H3/t19-,20+,22-,23+,24+,26?,27-,28+,29+/m1/s1. The average molecular weight is 438 g/mol. The third-order valence-corrected chi connectivity index (χ3v) is 10.9. The van der Waals surface area contributed by atoms with Gasteiger partial charge in [-0.25, -0.2) is 0 Å². The van der Waals surface area contributed by atoms with E-state index >= 15 is 0 Å². The van der Waals surface area contributed by atoms with Crippen molar-refractivity contribution in [3.05, 3.63) is 30.3 Å². The normalized spacial score (nSPS) is 47.8. The van der Waals surface area contributed by atoms with Gasteiger partial charge in [0.1, 0.15) is 0 Å². The summed E-state index contributed by atoms with van der Waals surface area (Å²) in [5.41, 5.74) is 1.11. The van der Waals surface area contributed by atoms with Gasteiger partial charge in [-0.1, -0.05) is 39.0 Å². The molecule has 4 fully saturated rings. The van der Waals surface area contributed by atoms with Gasteiger partial charge in [-0.3, -0.25) is 4.79 Å². The lowest BCUT2D eigenvalue weighted by molar-refractivity contribution is -0.150. The van der Waals surface area contributed by atoms with Crippen molar-refractivity contribution in [1.82, 2.24) is 0 Å². The number of hydrogen-bond acceptors (Lipinski definition) is 3. The van der Waals surface area contributed by atoms with Crippen LogP contribution in [0.3, 0.4) is 0 Å². The highest BCUT2D eigenvalue weighted by molar-refractivity contribution is 5.86. The van der Waals surface area contributed by atoms with E-state index in [9.17, 15) is 9.90 Å². The molecule has 3 heteroatoms. The van der Waals surface area contributed by atoms with Crippen LogP contribution in [0.15, 0.2) is 30.3 Å². The fourth-order valence-electron chi connectivity index (χ4n) is 9.34. The van der Waals surface area contributed by atoms with E-state index in [1.54, 1.807) is 0 Å². The van der Waals surface area contributed by atoms with Crippen molar-refractivity contribution in [3.8, 4) is 0 Å². The number of benzene rings is 1. The van der Waals surface area contributed by atoms with E-state index in [1.807, 2.05) is 30.3 Å². The highest BCUT2D eigenvalue weighted by Gasteiger charge is 2.63. The Labute approximate surface area is 194 Å². The van der Waals surface area contributed by atoms with Crippen molar-refractivity contribution < 1.29 is 9.90 Å². The molecule has 32 heavy (non-hydrogen) atoms. The van der Waals surface area contributed by atoms with Gasteiger partial charge in [0, 0.05) is 11.6 Å². The first-order valence-electron chi connectivity index (χ1n) is 13.2. The molecular formula is C29H43NO2. The van der Waals surface area contributed by atoms with Crippen LogP contribution in [0.25, 0.3) is 0 Å². The number of Topliss-reactive ketones (excluding diaryl/α,β-unsaturated/α-hetero) is 1. The maximum atomic E-state index is 13.5. The van der Waals surface area contributed by atoms with E-state index in [0.717, 1.165) is 30.4 Å². The minimum absolute atomic E-state index is 0.152. The Kier molecular flexibility index (Phi) is 5.51. The van der Waals surface area contributed by atoms with Crippen LogP contribution in [0.5, 0.6) is 0 Å². The smallest absolute Gasteiger partial charge is 0.155 e. The molecule has 3 nitrogen and oxygen atoms in total. The fourth-order valence-corrected chi connectivity index (χ4v) is 9.34. The van der Waals surface area contributed by atoms with Crippen LogP contribution in [-0.4, -0.2) is 23.0 Å². The van der Waals surface area contributed by atoms with E-state index in [-0.39, 0.29) is 11.3 Å². The lowest BCUT2D eigenvalue weighted by Crippen LogP contribution is -2.55. The van der Waals surface area contributed by atoms with Crippen molar-refractivity contribution in [1.29, 1.82) is 0 Å². The summed E-state index contributed by atoms with van der Waals surface area (Å²) in [6.45, 7) is 9.85. The average Bonchev–Trinajstić information content (AvgIpc) is 3.03. The Hall–Kier alpha value is -1.35. The molecule has 176 valence electrons. The van der Waals surface area contributed by atoms with Crippen molar-refractivity contribution in [2.45, 2.75) is 84.7 Å². The second kappa shape index (κ2) is 7.86. The second-order valence-electron chi connectivity index (χ2n) is 12.8. The number of aliphatic hydroxyl groups is 1. The first-order valence-corrected chi connectivity index (χ1v) is 13.2. The number of fused-ring (bicyclic) bond motifs is 5. The molecular weight excluding hydrogens is 394 g/mol. The van der Waals surface area contributed by atoms with Gasteiger partial charge >= 0.3 is 0 Å². The Morgan fingerprint density at radius 1 is 1.00 bits per heavy atom. The maximum Gasteiger partial charge on any atom is 0.155 e. The minimum atomic E-state index is -0.467. The number of carbonyl (C=O) groups excluding carboxylic acids is 1. The highest BCUT2D eigenvalue weighted by Crippen LogP contribution is 2.68. The van der Waals surface area contributed by atoms with Crippen molar-refractivity contribution in [3.63, 3.8) is 0 Å². The van der Waals surface area contributed by atoms with Gasteiger partial charge in [0.2, 0.25) is 0 Å². The quantitative estimate of drug-likeness (QED) is 0.579. The van der Waals surface area contributed by atoms with Gasteiger partial charge in [-0.05, 0) is 111 Å². The van der Waals surface area contributed by atoms with Crippen LogP contribution in [0.1, 0.15) is 79.1 Å².